The van der Waals surface area contributed by atoms with Gasteiger partial charge < -0.3 is 15.1 Å². The molecule has 2 unspecified atom stereocenters. The Balaban J connectivity index is 1.49. The maximum atomic E-state index is 12.8. The summed E-state index contributed by atoms with van der Waals surface area (Å²) in [6, 6.07) is 17.4. The van der Waals surface area contributed by atoms with Gasteiger partial charge in [0.05, 0.1) is 6.04 Å². The monoisotopic (exact) mass is 483 g/mol. The van der Waals surface area contributed by atoms with E-state index in [0.717, 1.165) is 43.9 Å². The maximum absolute atomic E-state index is 12.8. The van der Waals surface area contributed by atoms with Gasteiger partial charge in [-0.1, -0.05) is 86.6 Å². The number of carbonyl (C=O) groups is 1. The number of aryl methyl sites for hydroxylation is 1. The average molecular weight is 484 g/mol. The first-order valence-electron chi connectivity index (χ1n) is 13.4. The van der Waals surface area contributed by atoms with Crippen LogP contribution in [0.5, 0.6) is 0 Å². The third-order valence-corrected chi connectivity index (χ3v) is 8.57. The molecule has 0 bridgehead atoms. The summed E-state index contributed by atoms with van der Waals surface area (Å²) in [5.41, 5.74) is 7.09. The minimum absolute atomic E-state index is 0.0186. The van der Waals surface area contributed by atoms with Crippen molar-refractivity contribution in [2.24, 2.45) is 11.3 Å². The topological polar surface area (TPSA) is 35.6 Å². The number of carbonyl (C=O) groups excluding carboxylic acids is 1. The normalized spacial score (nSPS) is 20.5. The zero-order chi connectivity index (χ0) is 26.0. The van der Waals surface area contributed by atoms with E-state index in [2.05, 4.69) is 101 Å². The first-order chi connectivity index (χ1) is 17.1. The molecule has 2 aliphatic heterocycles. The first kappa shape index (κ1) is 26.1. The van der Waals surface area contributed by atoms with Crippen molar-refractivity contribution in [1.29, 1.82) is 0 Å². The van der Waals surface area contributed by atoms with Crippen LogP contribution < -0.4 is 10.8 Å². The Kier molecular flexibility index (Phi) is 7.68. The SMILES string of the molecule is Bc1ccc(C)cc1C(=C)NC(C(=C)N1CCC2(CC1)CC(=O)N(C)CC2c1ccccc1)C(C)C. The molecule has 36 heavy (non-hydrogen) atoms. The molecule has 2 saturated heterocycles. The van der Waals surface area contributed by atoms with E-state index < -0.39 is 0 Å². The summed E-state index contributed by atoms with van der Waals surface area (Å²) >= 11 is 0. The first-order valence-corrected chi connectivity index (χ1v) is 13.4. The van der Waals surface area contributed by atoms with E-state index in [9.17, 15) is 4.79 Å². The second-order valence-corrected chi connectivity index (χ2v) is 11.4. The molecule has 0 aliphatic carbocycles. The molecule has 2 aromatic rings. The number of hydrogen-bond donors (Lipinski definition) is 1. The minimum atomic E-state index is 0.0186. The van der Waals surface area contributed by atoms with E-state index in [0.29, 0.717) is 18.3 Å². The van der Waals surface area contributed by atoms with E-state index in [-0.39, 0.29) is 17.4 Å². The highest BCUT2D eigenvalue weighted by atomic mass is 16.2. The fourth-order valence-corrected chi connectivity index (χ4v) is 6.20. The van der Waals surface area contributed by atoms with Gasteiger partial charge in [-0.05, 0) is 42.2 Å². The Morgan fingerprint density at radius 2 is 1.78 bits per heavy atom. The summed E-state index contributed by atoms with van der Waals surface area (Å²) in [5.74, 6) is 1.03. The lowest BCUT2D eigenvalue weighted by Crippen LogP contribution is -2.53. The van der Waals surface area contributed by atoms with Crippen LogP contribution in [0.15, 0.2) is 67.4 Å². The van der Waals surface area contributed by atoms with Crippen LogP contribution in [0, 0.1) is 18.3 Å². The number of hydrogen-bond acceptors (Lipinski definition) is 3. The predicted molar refractivity (Wildman–Crippen MR) is 154 cm³/mol. The van der Waals surface area contributed by atoms with E-state index in [1.807, 2.05) is 11.9 Å². The molecule has 2 atom stereocenters. The van der Waals surface area contributed by atoms with Gasteiger partial charge in [0, 0.05) is 50.4 Å². The van der Waals surface area contributed by atoms with Crippen LogP contribution in [-0.2, 0) is 4.79 Å². The number of likely N-dealkylation sites (tertiary alicyclic amines) is 2. The Morgan fingerprint density at radius 3 is 2.42 bits per heavy atom. The molecule has 2 aliphatic rings. The second-order valence-electron chi connectivity index (χ2n) is 11.4. The summed E-state index contributed by atoms with van der Waals surface area (Å²) in [5, 5.41) is 3.72. The van der Waals surface area contributed by atoms with Crippen LogP contribution in [0.2, 0.25) is 0 Å². The number of rotatable bonds is 7. The fourth-order valence-electron chi connectivity index (χ4n) is 6.20. The number of nitrogens with one attached hydrogen (secondary N) is 1. The lowest BCUT2D eigenvalue weighted by molar-refractivity contribution is -0.139. The molecule has 1 spiro atoms. The summed E-state index contributed by atoms with van der Waals surface area (Å²) < 4.78 is 0. The molecule has 0 saturated carbocycles. The third-order valence-electron chi connectivity index (χ3n) is 8.57. The predicted octanol–water partition coefficient (Wildman–Crippen LogP) is 4.08. The molecule has 1 N–H and O–H groups in total. The largest absolute Gasteiger partial charge is 0.377 e. The quantitative estimate of drug-likeness (QED) is 0.603. The lowest BCUT2D eigenvalue weighted by atomic mass is 9.62. The molecule has 1 amide bonds. The van der Waals surface area contributed by atoms with Crippen molar-refractivity contribution in [2.45, 2.75) is 52.0 Å². The van der Waals surface area contributed by atoms with Gasteiger partial charge in [0.25, 0.3) is 0 Å². The van der Waals surface area contributed by atoms with Gasteiger partial charge in [0.1, 0.15) is 7.85 Å². The highest BCUT2D eigenvalue weighted by Crippen LogP contribution is 2.50. The average Bonchev–Trinajstić information content (AvgIpc) is 2.86. The number of nitrogens with zero attached hydrogens (tertiary/aromatic N) is 2. The van der Waals surface area contributed by atoms with Crippen molar-refractivity contribution in [3.8, 4) is 0 Å². The Labute approximate surface area is 218 Å². The minimum Gasteiger partial charge on any atom is -0.377 e. The van der Waals surface area contributed by atoms with Gasteiger partial charge in [0.2, 0.25) is 5.91 Å². The summed E-state index contributed by atoms with van der Waals surface area (Å²) in [6.07, 6.45) is 2.65. The van der Waals surface area contributed by atoms with Gasteiger partial charge in [-0.2, -0.15) is 0 Å². The standard InChI is InChI=1S/C31H42BN3O/c1-21(2)30(33-23(4)26-18-22(3)12-13-28(26)32)24(5)35-16-14-31(15-17-35)19-29(36)34(6)20-27(31)25-10-8-7-9-11-25/h7-13,18,21,27,30,33H,4-5,14-17,19-20,32H2,1-3,6H3. The lowest BCUT2D eigenvalue weighted by Gasteiger charge is -2.52. The maximum Gasteiger partial charge on any atom is 0.222 e. The zero-order valence-electron chi connectivity index (χ0n) is 22.8. The van der Waals surface area contributed by atoms with Crippen LogP contribution in [0.25, 0.3) is 5.70 Å². The van der Waals surface area contributed by atoms with Crippen molar-refractivity contribution in [1.82, 2.24) is 15.1 Å². The number of likely N-dealkylation sites (N-methyl/N-ethyl adjacent to an activating group) is 1. The van der Waals surface area contributed by atoms with Gasteiger partial charge in [-0.25, -0.2) is 0 Å². The van der Waals surface area contributed by atoms with Crippen molar-refractivity contribution in [3.63, 3.8) is 0 Å². The smallest absolute Gasteiger partial charge is 0.222 e. The summed E-state index contributed by atoms with van der Waals surface area (Å²) in [4.78, 5) is 17.2. The van der Waals surface area contributed by atoms with Crippen LogP contribution in [0.1, 0.15) is 55.7 Å². The molecule has 2 fully saturated rings. The van der Waals surface area contributed by atoms with E-state index in [1.165, 1.54) is 22.2 Å². The number of piperidine rings is 2. The molecular weight excluding hydrogens is 441 g/mol. The number of benzene rings is 2. The molecule has 0 radical (unpaired) electrons. The molecule has 4 nitrogen and oxygen atoms in total. The van der Waals surface area contributed by atoms with Crippen LogP contribution in [0.4, 0.5) is 0 Å². The van der Waals surface area contributed by atoms with Gasteiger partial charge in [0.15, 0.2) is 0 Å². The van der Waals surface area contributed by atoms with Crippen molar-refractivity contribution >= 4 is 24.9 Å². The fraction of sp³-hybridized carbons (Fsp3) is 0.452. The van der Waals surface area contributed by atoms with Gasteiger partial charge >= 0.3 is 0 Å². The van der Waals surface area contributed by atoms with Crippen LogP contribution in [-0.4, -0.2) is 56.3 Å². The number of amides is 1. The summed E-state index contributed by atoms with van der Waals surface area (Å²) in [6.45, 7) is 18.2. The Morgan fingerprint density at radius 1 is 1.11 bits per heavy atom. The second kappa shape index (κ2) is 10.6. The van der Waals surface area contributed by atoms with Crippen LogP contribution >= 0.6 is 0 Å². The third kappa shape index (κ3) is 5.26. The molecule has 2 heterocycles. The highest BCUT2D eigenvalue weighted by Gasteiger charge is 2.48. The zero-order valence-corrected chi connectivity index (χ0v) is 22.8. The van der Waals surface area contributed by atoms with Crippen molar-refractivity contribution in [2.75, 3.05) is 26.7 Å². The van der Waals surface area contributed by atoms with E-state index in [4.69, 9.17) is 0 Å². The molecule has 2 aromatic carbocycles. The molecule has 190 valence electrons. The van der Waals surface area contributed by atoms with Crippen molar-refractivity contribution in [3.05, 3.63) is 84.1 Å². The van der Waals surface area contributed by atoms with E-state index in [1.54, 1.807) is 0 Å². The van der Waals surface area contributed by atoms with Gasteiger partial charge in [-0.3, -0.25) is 4.79 Å². The Bertz CT molecular complexity index is 1120. The molecule has 5 heteroatoms. The van der Waals surface area contributed by atoms with Crippen LogP contribution in [0.3, 0.4) is 0 Å². The molecular formula is C31H42BN3O. The molecule has 4 rings (SSSR count). The van der Waals surface area contributed by atoms with E-state index >= 15 is 0 Å². The van der Waals surface area contributed by atoms with Crippen molar-refractivity contribution < 1.29 is 4.79 Å². The molecule has 0 aromatic heterocycles. The Hall–Kier alpha value is -2.95. The summed E-state index contributed by atoms with van der Waals surface area (Å²) in [7, 11) is 4.08. The highest BCUT2D eigenvalue weighted by molar-refractivity contribution is 6.34. The van der Waals surface area contributed by atoms with Gasteiger partial charge in [-0.15, -0.1) is 0 Å².